The highest BCUT2D eigenvalue weighted by molar-refractivity contribution is 9.09. The van der Waals surface area contributed by atoms with Crippen LogP contribution in [0.4, 0.5) is 17.6 Å². The Kier molecular flexibility index (Phi) is 4.72. The summed E-state index contributed by atoms with van der Waals surface area (Å²) in [5.41, 5.74) is -2.01. The number of carbonyl (C=O) groups is 1. The number of carbonyl (C=O) groups excluding carboxylic acids is 1. The molecule has 0 saturated heterocycles. The molecular weight excluding hydrogens is 318 g/mol. The molecule has 0 N–H and O–H groups in total. The van der Waals surface area contributed by atoms with Gasteiger partial charge < -0.3 is 4.90 Å². The van der Waals surface area contributed by atoms with Crippen LogP contribution in [0.25, 0.3) is 0 Å². The SMILES string of the molecule is CN(CCBr)C(=O)c1cccc(C(F)(F)F)c1F. The lowest BCUT2D eigenvalue weighted by Crippen LogP contribution is -2.29. The lowest BCUT2D eigenvalue weighted by Gasteiger charge is -2.17. The molecule has 0 heterocycles. The average molecular weight is 328 g/mol. The fourth-order valence-corrected chi connectivity index (χ4v) is 1.88. The Morgan fingerprint density at radius 1 is 1.39 bits per heavy atom. The maximum atomic E-state index is 13.6. The molecule has 1 aromatic rings. The Labute approximate surface area is 110 Å². The first-order chi connectivity index (χ1) is 8.29. The highest BCUT2D eigenvalue weighted by Gasteiger charge is 2.35. The number of halogens is 5. The first-order valence-electron chi connectivity index (χ1n) is 4.96. The van der Waals surface area contributed by atoms with Crippen LogP contribution in [0.3, 0.4) is 0 Å². The highest BCUT2D eigenvalue weighted by atomic mass is 79.9. The lowest BCUT2D eigenvalue weighted by atomic mass is 10.1. The van der Waals surface area contributed by atoms with Crippen molar-refractivity contribution in [3.8, 4) is 0 Å². The Bertz CT molecular complexity index is 447. The van der Waals surface area contributed by atoms with E-state index in [2.05, 4.69) is 15.9 Å². The van der Waals surface area contributed by atoms with Gasteiger partial charge in [-0.05, 0) is 12.1 Å². The van der Waals surface area contributed by atoms with Crippen LogP contribution in [0.2, 0.25) is 0 Å². The normalized spacial score (nSPS) is 11.4. The number of nitrogens with zero attached hydrogens (tertiary/aromatic N) is 1. The summed E-state index contributed by atoms with van der Waals surface area (Å²) in [5.74, 6) is -2.31. The van der Waals surface area contributed by atoms with Crippen LogP contribution >= 0.6 is 15.9 Å². The molecule has 0 saturated carbocycles. The smallest absolute Gasteiger partial charge is 0.341 e. The van der Waals surface area contributed by atoms with Crippen molar-refractivity contribution in [1.82, 2.24) is 4.90 Å². The molecule has 0 aliphatic heterocycles. The van der Waals surface area contributed by atoms with E-state index in [0.717, 1.165) is 17.0 Å². The summed E-state index contributed by atoms with van der Waals surface area (Å²) in [6.07, 6.45) is -4.81. The van der Waals surface area contributed by atoms with Gasteiger partial charge in [0.15, 0.2) is 0 Å². The van der Waals surface area contributed by atoms with Crippen LogP contribution in [-0.4, -0.2) is 29.7 Å². The number of alkyl halides is 4. The van der Waals surface area contributed by atoms with E-state index in [9.17, 15) is 22.4 Å². The van der Waals surface area contributed by atoms with Crippen LogP contribution in [0.5, 0.6) is 0 Å². The molecule has 0 fully saturated rings. The van der Waals surface area contributed by atoms with Gasteiger partial charge in [0.1, 0.15) is 5.82 Å². The van der Waals surface area contributed by atoms with E-state index in [1.807, 2.05) is 0 Å². The molecule has 18 heavy (non-hydrogen) atoms. The van der Waals surface area contributed by atoms with Gasteiger partial charge in [0.2, 0.25) is 0 Å². The summed E-state index contributed by atoms with van der Waals surface area (Å²) in [5, 5.41) is 0.454. The molecular formula is C11H10BrF4NO. The summed E-state index contributed by atoms with van der Waals surface area (Å²) in [6.45, 7) is 0.272. The highest BCUT2D eigenvalue weighted by Crippen LogP contribution is 2.32. The van der Waals surface area contributed by atoms with Crippen LogP contribution in [0, 0.1) is 5.82 Å². The fraction of sp³-hybridized carbons (Fsp3) is 0.364. The quantitative estimate of drug-likeness (QED) is 0.616. The van der Waals surface area contributed by atoms with Gasteiger partial charge >= 0.3 is 6.18 Å². The molecule has 0 aliphatic carbocycles. The molecule has 100 valence electrons. The number of hydrogen-bond acceptors (Lipinski definition) is 1. The van der Waals surface area contributed by atoms with Crippen molar-refractivity contribution in [3.05, 3.63) is 35.1 Å². The summed E-state index contributed by atoms with van der Waals surface area (Å²) < 4.78 is 51.0. The Morgan fingerprint density at radius 3 is 2.50 bits per heavy atom. The summed E-state index contributed by atoms with van der Waals surface area (Å²) in [4.78, 5) is 12.9. The molecule has 0 atom stereocenters. The van der Waals surface area contributed by atoms with Crippen molar-refractivity contribution >= 4 is 21.8 Å². The third-order valence-electron chi connectivity index (χ3n) is 2.30. The second kappa shape index (κ2) is 5.69. The minimum atomic E-state index is -4.81. The van der Waals surface area contributed by atoms with E-state index in [-0.39, 0.29) is 6.54 Å². The lowest BCUT2D eigenvalue weighted by molar-refractivity contribution is -0.140. The average Bonchev–Trinajstić information content (AvgIpc) is 2.27. The van der Waals surface area contributed by atoms with Gasteiger partial charge in [0, 0.05) is 18.9 Å². The van der Waals surface area contributed by atoms with E-state index in [1.54, 1.807) is 0 Å². The maximum Gasteiger partial charge on any atom is 0.419 e. The summed E-state index contributed by atoms with van der Waals surface area (Å²) in [6, 6.07) is 2.66. The molecule has 7 heteroatoms. The molecule has 2 nitrogen and oxygen atoms in total. The zero-order valence-electron chi connectivity index (χ0n) is 9.39. The van der Waals surface area contributed by atoms with Crippen LogP contribution in [0.1, 0.15) is 15.9 Å². The van der Waals surface area contributed by atoms with Gasteiger partial charge in [0.05, 0.1) is 11.1 Å². The van der Waals surface area contributed by atoms with Crippen LogP contribution in [0.15, 0.2) is 18.2 Å². The molecule has 0 aliphatic rings. The zero-order chi connectivity index (χ0) is 13.9. The van der Waals surface area contributed by atoms with E-state index >= 15 is 0 Å². The molecule has 0 aromatic heterocycles. The maximum absolute atomic E-state index is 13.6. The summed E-state index contributed by atoms with van der Waals surface area (Å²) >= 11 is 3.09. The molecule has 1 rings (SSSR count). The Hall–Kier alpha value is -1.11. The van der Waals surface area contributed by atoms with Gasteiger partial charge in [-0.15, -0.1) is 0 Å². The third-order valence-corrected chi connectivity index (χ3v) is 2.66. The summed E-state index contributed by atoms with van der Waals surface area (Å²) in [7, 11) is 1.39. The third kappa shape index (κ3) is 3.22. The second-order valence-corrected chi connectivity index (χ2v) is 4.37. The number of hydrogen-bond donors (Lipinski definition) is 0. The fourth-order valence-electron chi connectivity index (χ4n) is 1.35. The monoisotopic (exact) mass is 327 g/mol. The standard InChI is InChI=1S/C11H10BrF4NO/c1-17(6-5-12)10(18)7-3-2-4-8(9(7)13)11(14,15)16/h2-4H,5-6H2,1H3. The molecule has 0 bridgehead atoms. The topological polar surface area (TPSA) is 20.3 Å². The van der Waals surface area contributed by atoms with Crippen molar-refractivity contribution in [2.45, 2.75) is 6.18 Å². The van der Waals surface area contributed by atoms with Gasteiger partial charge in [0.25, 0.3) is 5.91 Å². The number of rotatable bonds is 3. The minimum Gasteiger partial charge on any atom is -0.341 e. The van der Waals surface area contributed by atoms with Gasteiger partial charge in [-0.3, -0.25) is 4.79 Å². The Morgan fingerprint density at radius 2 is 2.00 bits per heavy atom. The molecule has 1 aromatic carbocycles. The predicted octanol–water partition coefficient (Wildman–Crippen LogP) is 3.31. The zero-order valence-corrected chi connectivity index (χ0v) is 11.0. The van der Waals surface area contributed by atoms with Crippen molar-refractivity contribution in [1.29, 1.82) is 0 Å². The first kappa shape index (κ1) is 14.9. The van der Waals surface area contributed by atoms with Crippen molar-refractivity contribution in [2.75, 3.05) is 18.9 Å². The van der Waals surface area contributed by atoms with Crippen LogP contribution < -0.4 is 0 Å². The van der Waals surface area contributed by atoms with Gasteiger partial charge in [-0.2, -0.15) is 13.2 Å². The van der Waals surface area contributed by atoms with Crippen molar-refractivity contribution < 1.29 is 22.4 Å². The van der Waals surface area contributed by atoms with Crippen molar-refractivity contribution in [2.24, 2.45) is 0 Å². The van der Waals surface area contributed by atoms with E-state index in [4.69, 9.17) is 0 Å². The number of benzene rings is 1. The Balaban J connectivity index is 3.15. The largest absolute Gasteiger partial charge is 0.419 e. The van der Waals surface area contributed by atoms with E-state index < -0.39 is 29.0 Å². The van der Waals surface area contributed by atoms with Gasteiger partial charge in [-0.25, -0.2) is 4.39 Å². The van der Waals surface area contributed by atoms with Gasteiger partial charge in [-0.1, -0.05) is 22.0 Å². The minimum absolute atomic E-state index is 0.272. The molecule has 0 spiro atoms. The molecule has 0 radical (unpaired) electrons. The first-order valence-corrected chi connectivity index (χ1v) is 6.08. The molecule has 0 unspecified atom stereocenters. The molecule has 1 amide bonds. The number of amides is 1. The second-order valence-electron chi connectivity index (χ2n) is 3.58. The van der Waals surface area contributed by atoms with E-state index in [0.29, 0.717) is 11.4 Å². The van der Waals surface area contributed by atoms with Crippen LogP contribution in [-0.2, 0) is 6.18 Å². The van der Waals surface area contributed by atoms with E-state index in [1.165, 1.54) is 7.05 Å². The van der Waals surface area contributed by atoms with Crippen molar-refractivity contribution in [3.63, 3.8) is 0 Å². The predicted molar refractivity (Wildman–Crippen MR) is 62.2 cm³/mol.